The second-order valence-electron chi connectivity index (χ2n) is 4.36. The molecule has 3 nitrogen and oxygen atoms in total. The highest BCUT2D eigenvalue weighted by molar-refractivity contribution is 5.39. The Morgan fingerprint density at radius 3 is 2.56 bits per heavy atom. The third-order valence-corrected chi connectivity index (χ3v) is 3.49. The summed E-state index contributed by atoms with van der Waals surface area (Å²) in [6.45, 7) is 5.97. The second kappa shape index (κ2) is 4.83. The Hall–Kier alpha value is -1.09. The summed E-state index contributed by atoms with van der Waals surface area (Å²) in [6.07, 6.45) is 4.18. The number of hydrogen-bond donors (Lipinski definition) is 0. The highest BCUT2D eigenvalue weighted by Gasteiger charge is 2.19. The molecule has 1 aliphatic heterocycles. The molecule has 0 aliphatic carbocycles. The summed E-state index contributed by atoms with van der Waals surface area (Å²) in [6, 6.07) is 0. The molecule has 2 rings (SSSR count). The van der Waals surface area contributed by atoms with E-state index in [9.17, 15) is 0 Å². The summed E-state index contributed by atoms with van der Waals surface area (Å²) in [4.78, 5) is 4.37. The lowest BCUT2D eigenvalue weighted by Crippen LogP contribution is -2.15. The molecule has 0 N–H and O–H groups in total. The molecule has 1 aliphatic rings. The smallest absolute Gasteiger partial charge is 0.216 e. The number of pyridine rings is 1. The van der Waals surface area contributed by atoms with Gasteiger partial charge in [-0.25, -0.2) is 4.98 Å². The van der Waals surface area contributed by atoms with Gasteiger partial charge in [-0.2, -0.15) is 0 Å². The van der Waals surface area contributed by atoms with E-state index < -0.39 is 0 Å². The minimum absolute atomic E-state index is 0.603. The minimum atomic E-state index is 0.603. The van der Waals surface area contributed by atoms with Crippen LogP contribution in [0, 0.1) is 13.8 Å². The Balaban J connectivity index is 2.30. The van der Waals surface area contributed by atoms with Gasteiger partial charge < -0.3 is 9.47 Å². The normalized spacial score (nSPS) is 17.4. The lowest BCUT2D eigenvalue weighted by molar-refractivity contribution is 0.0851. The van der Waals surface area contributed by atoms with Gasteiger partial charge >= 0.3 is 0 Å². The zero-order valence-corrected chi connectivity index (χ0v) is 10.2. The molecule has 0 bridgehead atoms. The summed E-state index contributed by atoms with van der Waals surface area (Å²) in [5.41, 5.74) is 3.84. The maximum Gasteiger partial charge on any atom is 0.216 e. The Morgan fingerprint density at radius 2 is 1.94 bits per heavy atom. The van der Waals surface area contributed by atoms with Crippen molar-refractivity contribution in [2.45, 2.75) is 32.6 Å². The van der Waals surface area contributed by atoms with Crippen LogP contribution in [0.1, 0.15) is 35.4 Å². The number of hydrogen-bond acceptors (Lipinski definition) is 3. The van der Waals surface area contributed by atoms with Crippen LogP contribution < -0.4 is 4.74 Å². The van der Waals surface area contributed by atoms with E-state index in [2.05, 4.69) is 18.8 Å². The van der Waals surface area contributed by atoms with Crippen LogP contribution in [0.5, 0.6) is 5.88 Å². The van der Waals surface area contributed by atoms with Crippen LogP contribution in [-0.4, -0.2) is 25.3 Å². The molecular formula is C13H19NO2. The van der Waals surface area contributed by atoms with Gasteiger partial charge in [-0.05, 0) is 43.7 Å². The van der Waals surface area contributed by atoms with Crippen LogP contribution in [0.4, 0.5) is 0 Å². The molecule has 0 atom stereocenters. The summed E-state index contributed by atoms with van der Waals surface area (Å²) in [5, 5.41) is 0. The van der Waals surface area contributed by atoms with Gasteiger partial charge in [-0.3, -0.25) is 0 Å². The van der Waals surface area contributed by atoms with Gasteiger partial charge in [0.05, 0.1) is 7.11 Å². The molecule has 1 saturated heterocycles. The molecule has 16 heavy (non-hydrogen) atoms. The van der Waals surface area contributed by atoms with Crippen LogP contribution in [-0.2, 0) is 4.74 Å². The first kappa shape index (κ1) is 11.4. The fraction of sp³-hybridized carbons (Fsp3) is 0.615. The van der Waals surface area contributed by atoms with Crippen LogP contribution >= 0.6 is 0 Å². The Bertz CT molecular complexity index is 370. The Labute approximate surface area is 96.8 Å². The van der Waals surface area contributed by atoms with E-state index in [0.717, 1.165) is 37.5 Å². The molecular weight excluding hydrogens is 202 g/mol. The fourth-order valence-electron chi connectivity index (χ4n) is 2.32. The first-order chi connectivity index (χ1) is 7.74. The first-order valence-corrected chi connectivity index (χ1v) is 5.82. The van der Waals surface area contributed by atoms with Crippen molar-refractivity contribution in [2.75, 3.05) is 20.3 Å². The van der Waals surface area contributed by atoms with E-state index in [0.29, 0.717) is 5.92 Å². The summed E-state index contributed by atoms with van der Waals surface area (Å²) in [7, 11) is 1.67. The molecule has 0 aromatic carbocycles. The van der Waals surface area contributed by atoms with Crippen molar-refractivity contribution in [3.63, 3.8) is 0 Å². The van der Waals surface area contributed by atoms with Crippen molar-refractivity contribution in [3.05, 3.63) is 22.9 Å². The number of nitrogens with zero attached hydrogens (tertiary/aromatic N) is 1. The molecule has 88 valence electrons. The van der Waals surface area contributed by atoms with E-state index >= 15 is 0 Å². The Kier molecular flexibility index (Phi) is 3.44. The van der Waals surface area contributed by atoms with Gasteiger partial charge in [0.1, 0.15) is 0 Å². The first-order valence-electron chi connectivity index (χ1n) is 5.82. The van der Waals surface area contributed by atoms with Crippen LogP contribution in [0.25, 0.3) is 0 Å². The van der Waals surface area contributed by atoms with E-state index in [4.69, 9.17) is 9.47 Å². The third-order valence-electron chi connectivity index (χ3n) is 3.49. The summed E-state index contributed by atoms with van der Waals surface area (Å²) in [5.74, 6) is 1.35. The van der Waals surface area contributed by atoms with E-state index in [1.807, 2.05) is 6.20 Å². The number of methoxy groups -OCH3 is 1. The van der Waals surface area contributed by atoms with E-state index in [1.165, 1.54) is 11.1 Å². The number of rotatable bonds is 2. The predicted octanol–water partition coefficient (Wildman–Crippen LogP) is 2.60. The van der Waals surface area contributed by atoms with Crippen LogP contribution in [0.3, 0.4) is 0 Å². The van der Waals surface area contributed by atoms with Crippen molar-refractivity contribution >= 4 is 0 Å². The minimum Gasteiger partial charge on any atom is -0.481 e. The van der Waals surface area contributed by atoms with Crippen LogP contribution in [0.15, 0.2) is 6.20 Å². The van der Waals surface area contributed by atoms with Gasteiger partial charge in [0, 0.05) is 25.0 Å². The lowest BCUT2D eigenvalue weighted by atomic mass is 9.89. The van der Waals surface area contributed by atoms with Crippen molar-refractivity contribution in [2.24, 2.45) is 0 Å². The molecule has 1 aromatic rings. The molecule has 1 aromatic heterocycles. The quantitative estimate of drug-likeness (QED) is 0.769. The van der Waals surface area contributed by atoms with Crippen molar-refractivity contribution in [1.29, 1.82) is 0 Å². The van der Waals surface area contributed by atoms with Crippen molar-refractivity contribution < 1.29 is 9.47 Å². The van der Waals surface area contributed by atoms with E-state index in [-0.39, 0.29) is 0 Å². The SMILES string of the molecule is COc1ncc(C2CCOCC2)c(C)c1C. The highest BCUT2D eigenvalue weighted by Crippen LogP contribution is 2.32. The highest BCUT2D eigenvalue weighted by atomic mass is 16.5. The van der Waals surface area contributed by atoms with Crippen molar-refractivity contribution in [1.82, 2.24) is 4.98 Å². The van der Waals surface area contributed by atoms with E-state index in [1.54, 1.807) is 7.11 Å². The average Bonchev–Trinajstić information content (AvgIpc) is 2.34. The van der Waals surface area contributed by atoms with Gasteiger partial charge in [0.25, 0.3) is 0 Å². The molecule has 0 amide bonds. The summed E-state index contributed by atoms with van der Waals surface area (Å²) >= 11 is 0. The summed E-state index contributed by atoms with van der Waals surface area (Å²) < 4.78 is 10.6. The second-order valence-corrected chi connectivity index (χ2v) is 4.36. The molecule has 0 unspecified atom stereocenters. The lowest BCUT2D eigenvalue weighted by Gasteiger charge is -2.24. The van der Waals surface area contributed by atoms with Crippen molar-refractivity contribution in [3.8, 4) is 5.88 Å². The molecule has 0 spiro atoms. The molecule has 3 heteroatoms. The standard InChI is InChI=1S/C13H19NO2/c1-9-10(2)13(15-3)14-8-12(9)11-4-6-16-7-5-11/h8,11H,4-7H2,1-3H3. The largest absolute Gasteiger partial charge is 0.481 e. The van der Waals surface area contributed by atoms with Gasteiger partial charge in [0.15, 0.2) is 0 Å². The molecule has 0 radical (unpaired) electrons. The zero-order chi connectivity index (χ0) is 11.5. The fourth-order valence-corrected chi connectivity index (χ4v) is 2.32. The number of aromatic nitrogens is 1. The number of ether oxygens (including phenoxy) is 2. The average molecular weight is 221 g/mol. The molecule has 1 fully saturated rings. The predicted molar refractivity (Wildman–Crippen MR) is 63.1 cm³/mol. The topological polar surface area (TPSA) is 31.4 Å². The maximum atomic E-state index is 5.39. The van der Waals surface area contributed by atoms with Gasteiger partial charge in [0.2, 0.25) is 5.88 Å². The zero-order valence-electron chi connectivity index (χ0n) is 10.2. The van der Waals surface area contributed by atoms with Gasteiger partial charge in [-0.15, -0.1) is 0 Å². The van der Waals surface area contributed by atoms with Crippen LogP contribution in [0.2, 0.25) is 0 Å². The molecule has 0 saturated carbocycles. The third kappa shape index (κ3) is 2.05. The monoisotopic (exact) mass is 221 g/mol. The van der Waals surface area contributed by atoms with Gasteiger partial charge in [-0.1, -0.05) is 0 Å². The molecule has 2 heterocycles. The Morgan fingerprint density at radius 1 is 1.25 bits per heavy atom. The maximum absolute atomic E-state index is 5.39.